The average Bonchev–Trinajstić information content (AvgIpc) is 2.68. The van der Waals surface area contributed by atoms with E-state index in [0.29, 0.717) is 6.54 Å². The summed E-state index contributed by atoms with van der Waals surface area (Å²) in [6.45, 7) is 2.40. The van der Waals surface area contributed by atoms with Crippen molar-refractivity contribution in [3.05, 3.63) is 29.8 Å². The normalized spacial score (nSPS) is 22.0. The third-order valence-corrected chi connectivity index (χ3v) is 2.97. The molecule has 100 valence electrons. The molecule has 1 unspecified atom stereocenters. The van der Waals surface area contributed by atoms with Gasteiger partial charge in [-0.15, -0.1) is 37.2 Å². The maximum Gasteiger partial charge on any atom is 0.212 e. The van der Waals surface area contributed by atoms with Crippen LogP contribution in [0.3, 0.4) is 0 Å². The van der Waals surface area contributed by atoms with Crippen molar-refractivity contribution in [2.24, 2.45) is 5.73 Å². The molecule has 7 heteroatoms. The van der Waals surface area contributed by atoms with E-state index < -0.39 is 5.95 Å². The van der Waals surface area contributed by atoms with Crippen molar-refractivity contribution < 1.29 is 4.39 Å². The first kappa shape index (κ1) is 19.2. The quantitative estimate of drug-likeness (QED) is 0.817. The van der Waals surface area contributed by atoms with Gasteiger partial charge in [0, 0.05) is 24.7 Å². The highest BCUT2D eigenvalue weighted by Gasteiger charge is 2.34. The zero-order chi connectivity index (χ0) is 10.0. The van der Waals surface area contributed by atoms with Crippen molar-refractivity contribution >= 4 is 37.2 Å². The first-order valence-electron chi connectivity index (χ1n) is 4.80. The molecule has 2 rings (SSSR count). The molecule has 1 atom stereocenters. The van der Waals surface area contributed by atoms with Crippen molar-refractivity contribution in [2.75, 3.05) is 19.6 Å². The minimum Gasteiger partial charge on any atom is -0.330 e. The highest BCUT2D eigenvalue weighted by Crippen LogP contribution is 2.28. The second-order valence-electron chi connectivity index (χ2n) is 3.78. The van der Waals surface area contributed by atoms with Crippen LogP contribution in [0, 0.1) is 5.95 Å². The Morgan fingerprint density at radius 1 is 1.35 bits per heavy atom. The maximum atomic E-state index is 12.6. The fraction of sp³-hybridized carbons (Fsp3) is 0.500. The largest absolute Gasteiger partial charge is 0.330 e. The second kappa shape index (κ2) is 8.06. The monoisotopic (exact) mass is 303 g/mol. The number of hydrogen-bond donors (Lipinski definition) is 2. The predicted octanol–water partition coefficient (Wildman–Crippen LogP) is 1.68. The van der Waals surface area contributed by atoms with Gasteiger partial charge in [0.15, 0.2) is 0 Å². The van der Waals surface area contributed by atoms with Crippen molar-refractivity contribution in [1.82, 2.24) is 10.3 Å². The summed E-state index contributed by atoms with van der Waals surface area (Å²) in [6, 6.07) is 3.17. The van der Waals surface area contributed by atoms with Gasteiger partial charge in [0.05, 0.1) is 0 Å². The second-order valence-corrected chi connectivity index (χ2v) is 3.78. The summed E-state index contributed by atoms with van der Waals surface area (Å²) in [6.07, 6.45) is 2.59. The summed E-state index contributed by atoms with van der Waals surface area (Å²) in [5.41, 5.74) is 6.77. The molecule has 1 aliphatic heterocycles. The van der Waals surface area contributed by atoms with E-state index in [9.17, 15) is 4.39 Å². The van der Waals surface area contributed by atoms with E-state index in [2.05, 4.69) is 10.3 Å². The number of aromatic nitrogens is 1. The van der Waals surface area contributed by atoms with Gasteiger partial charge in [0.2, 0.25) is 5.95 Å². The molecule has 0 bridgehead atoms. The molecule has 0 amide bonds. The van der Waals surface area contributed by atoms with Crippen LogP contribution in [0.1, 0.15) is 12.0 Å². The number of nitrogens with two attached hydrogens (primary N) is 1. The van der Waals surface area contributed by atoms with Crippen LogP contribution >= 0.6 is 37.2 Å². The van der Waals surface area contributed by atoms with Crippen LogP contribution < -0.4 is 11.1 Å². The summed E-state index contributed by atoms with van der Waals surface area (Å²) in [4.78, 5) is 3.67. The van der Waals surface area contributed by atoms with Crippen molar-refractivity contribution in [3.63, 3.8) is 0 Å². The van der Waals surface area contributed by atoms with Gasteiger partial charge in [-0.3, -0.25) is 0 Å². The molecule has 0 aromatic carbocycles. The summed E-state index contributed by atoms with van der Waals surface area (Å²) < 4.78 is 12.6. The van der Waals surface area contributed by atoms with Crippen LogP contribution in [0.5, 0.6) is 0 Å². The molecular formula is C10H17Cl3FN3. The van der Waals surface area contributed by atoms with E-state index in [0.717, 1.165) is 25.1 Å². The minimum absolute atomic E-state index is 0. The molecule has 17 heavy (non-hydrogen) atoms. The lowest BCUT2D eigenvalue weighted by Crippen LogP contribution is -2.37. The van der Waals surface area contributed by atoms with Gasteiger partial charge in [-0.1, -0.05) is 6.07 Å². The molecule has 1 aromatic rings. The zero-order valence-corrected chi connectivity index (χ0v) is 11.6. The highest BCUT2D eigenvalue weighted by molar-refractivity contribution is 5.86. The van der Waals surface area contributed by atoms with Crippen molar-refractivity contribution in [3.8, 4) is 0 Å². The molecular weight excluding hydrogens is 287 g/mol. The maximum absolute atomic E-state index is 12.6. The standard InChI is InChI=1S/C10H14FN3.3ClH/c11-9-2-1-8(5-14-9)10(6-12)3-4-13-7-10;;;/h1-2,5,13H,3-4,6-7,12H2;3*1H. The molecule has 0 spiro atoms. The number of nitrogens with one attached hydrogen (secondary N) is 1. The smallest absolute Gasteiger partial charge is 0.212 e. The number of pyridine rings is 1. The van der Waals surface area contributed by atoms with E-state index in [1.54, 1.807) is 12.3 Å². The number of halogens is 4. The van der Waals surface area contributed by atoms with E-state index >= 15 is 0 Å². The highest BCUT2D eigenvalue weighted by atomic mass is 35.5. The molecule has 1 aliphatic rings. The minimum atomic E-state index is -0.438. The van der Waals surface area contributed by atoms with Gasteiger partial charge in [-0.25, -0.2) is 4.98 Å². The Labute approximate surface area is 119 Å². The Kier molecular flexibility index (Phi) is 9.11. The summed E-state index contributed by atoms with van der Waals surface area (Å²) in [5.74, 6) is -0.438. The van der Waals surface area contributed by atoms with Gasteiger partial charge in [0.25, 0.3) is 0 Å². The lowest BCUT2D eigenvalue weighted by Gasteiger charge is -2.26. The first-order valence-corrected chi connectivity index (χ1v) is 4.80. The molecule has 0 saturated carbocycles. The number of rotatable bonds is 2. The van der Waals surface area contributed by atoms with Crippen LogP contribution in [0.2, 0.25) is 0 Å². The van der Waals surface area contributed by atoms with Crippen molar-refractivity contribution in [2.45, 2.75) is 11.8 Å². The van der Waals surface area contributed by atoms with Gasteiger partial charge >= 0.3 is 0 Å². The molecule has 1 fully saturated rings. The van der Waals surface area contributed by atoms with Gasteiger partial charge < -0.3 is 11.1 Å². The van der Waals surface area contributed by atoms with E-state index in [4.69, 9.17) is 5.73 Å². The van der Waals surface area contributed by atoms with Crippen LogP contribution in [-0.2, 0) is 5.41 Å². The van der Waals surface area contributed by atoms with Gasteiger partial charge in [-0.2, -0.15) is 4.39 Å². The SMILES string of the molecule is Cl.Cl.Cl.NCC1(c2ccc(F)nc2)CCNC1. The number of nitrogens with zero attached hydrogens (tertiary/aromatic N) is 1. The summed E-state index contributed by atoms with van der Waals surface area (Å²) in [7, 11) is 0. The Morgan fingerprint density at radius 2 is 2.06 bits per heavy atom. The molecule has 0 radical (unpaired) electrons. The molecule has 3 nitrogen and oxygen atoms in total. The van der Waals surface area contributed by atoms with Crippen LogP contribution in [-0.4, -0.2) is 24.6 Å². The molecule has 3 N–H and O–H groups in total. The van der Waals surface area contributed by atoms with E-state index in [1.165, 1.54) is 6.07 Å². The summed E-state index contributed by atoms with van der Waals surface area (Å²) in [5, 5.41) is 3.28. The summed E-state index contributed by atoms with van der Waals surface area (Å²) >= 11 is 0. The lowest BCUT2D eigenvalue weighted by atomic mass is 9.81. The molecule has 0 aliphatic carbocycles. The third-order valence-electron chi connectivity index (χ3n) is 2.97. The molecule has 1 aromatic heterocycles. The van der Waals surface area contributed by atoms with Gasteiger partial charge in [-0.05, 0) is 24.6 Å². The molecule has 1 saturated heterocycles. The van der Waals surface area contributed by atoms with Crippen molar-refractivity contribution in [1.29, 1.82) is 0 Å². The fourth-order valence-electron chi connectivity index (χ4n) is 1.97. The van der Waals surface area contributed by atoms with Crippen LogP contribution in [0.25, 0.3) is 0 Å². The predicted molar refractivity (Wildman–Crippen MR) is 74.2 cm³/mol. The third kappa shape index (κ3) is 3.93. The van der Waals surface area contributed by atoms with E-state index in [1.807, 2.05) is 0 Å². The Bertz CT molecular complexity index is 315. The Hall–Kier alpha value is -0.130. The fourth-order valence-corrected chi connectivity index (χ4v) is 1.97. The van der Waals surface area contributed by atoms with Crippen LogP contribution in [0.4, 0.5) is 4.39 Å². The number of hydrogen-bond acceptors (Lipinski definition) is 3. The average molecular weight is 305 g/mol. The van der Waals surface area contributed by atoms with Gasteiger partial charge in [0.1, 0.15) is 0 Å². The Morgan fingerprint density at radius 3 is 2.47 bits per heavy atom. The van der Waals surface area contributed by atoms with Crippen LogP contribution in [0.15, 0.2) is 18.3 Å². The lowest BCUT2D eigenvalue weighted by molar-refractivity contribution is 0.477. The topological polar surface area (TPSA) is 50.9 Å². The van der Waals surface area contributed by atoms with E-state index in [-0.39, 0.29) is 42.6 Å². The Balaban J connectivity index is 0. The molecule has 2 heterocycles. The zero-order valence-electron chi connectivity index (χ0n) is 9.19. The first-order chi connectivity index (χ1) is 6.77.